The van der Waals surface area contributed by atoms with Crippen molar-refractivity contribution in [2.24, 2.45) is 0 Å². The highest BCUT2D eigenvalue weighted by atomic mass is 15.0. The molecule has 9 aromatic carbocycles. The fraction of sp³-hybridized carbons (Fsp3) is 0. The zero-order chi connectivity index (χ0) is 39.6. The Labute approximate surface area is 346 Å². The summed E-state index contributed by atoms with van der Waals surface area (Å²) in [7, 11) is 0. The molecule has 4 heteroatoms. The van der Waals surface area contributed by atoms with Crippen molar-refractivity contribution in [2.45, 2.75) is 0 Å². The standard InChI is InChI=1S/C56H36N4/c1-4-17-37(18-5-1)39-22-16-23-41(31-39)50-35-49(38-19-6-2-7-20-38)57-56(58-50)42-32-40-21-10-11-26-44(40)53(33-42)60-52-30-15-13-28-46(52)48-34-47-45-27-12-14-29-51(45)59(54(47)36-55(48)60)43-24-8-3-9-25-43/h1-36H. The fourth-order valence-electron chi connectivity index (χ4n) is 9.12. The van der Waals surface area contributed by atoms with E-state index in [1.54, 1.807) is 0 Å². The zero-order valence-electron chi connectivity index (χ0n) is 32.6. The van der Waals surface area contributed by atoms with E-state index in [0.717, 1.165) is 66.8 Å². The van der Waals surface area contributed by atoms with Crippen molar-refractivity contribution >= 4 is 54.4 Å². The van der Waals surface area contributed by atoms with Gasteiger partial charge in [0.25, 0.3) is 0 Å². The highest BCUT2D eigenvalue weighted by Crippen LogP contribution is 2.42. The average molecular weight is 765 g/mol. The Morgan fingerprint density at radius 1 is 0.283 bits per heavy atom. The van der Waals surface area contributed by atoms with Crippen LogP contribution in [0.25, 0.3) is 111 Å². The molecular weight excluding hydrogens is 729 g/mol. The largest absolute Gasteiger partial charge is 0.309 e. The maximum atomic E-state index is 5.37. The van der Waals surface area contributed by atoms with Crippen LogP contribution in [0, 0.1) is 0 Å². The maximum absolute atomic E-state index is 5.37. The lowest BCUT2D eigenvalue weighted by molar-refractivity contribution is 1.16. The van der Waals surface area contributed by atoms with Crippen molar-refractivity contribution in [2.75, 3.05) is 0 Å². The predicted octanol–water partition coefficient (Wildman–Crippen LogP) is 14.5. The minimum Gasteiger partial charge on any atom is -0.309 e. The molecule has 0 saturated carbocycles. The molecule has 0 aliphatic carbocycles. The Morgan fingerprint density at radius 3 is 1.53 bits per heavy atom. The van der Waals surface area contributed by atoms with Crippen molar-refractivity contribution in [3.8, 4) is 56.4 Å². The van der Waals surface area contributed by atoms with Crippen LogP contribution < -0.4 is 0 Å². The number of hydrogen-bond acceptors (Lipinski definition) is 2. The minimum atomic E-state index is 0.677. The first-order valence-electron chi connectivity index (χ1n) is 20.4. The molecule has 12 aromatic rings. The molecule has 0 aliphatic rings. The number of nitrogens with zero attached hydrogens (tertiary/aromatic N) is 4. The minimum absolute atomic E-state index is 0.677. The van der Waals surface area contributed by atoms with Gasteiger partial charge in [-0.1, -0.05) is 158 Å². The van der Waals surface area contributed by atoms with Gasteiger partial charge >= 0.3 is 0 Å². The first kappa shape index (κ1) is 34.0. The van der Waals surface area contributed by atoms with Gasteiger partial charge in [-0.25, -0.2) is 9.97 Å². The Kier molecular flexibility index (Phi) is 7.82. The highest BCUT2D eigenvalue weighted by molar-refractivity contribution is 6.19. The molecule has 0 unspecified atom stereocenters. The van der Waals surface area contributed by atoms with E-state index in [1.165, 1.54) is 38.1 Å². The molecule has 3 heterocycles. The number of aromatic nitrogens is 4. The molecule has 0 spiro atoms. The van der Waals surface area contributed by atoms with Crippen LogP contribution in [0.15, 0.2) is 218 Å². The van der Waals surface area contributed by atoms with Gasteiger partial charge in [0, 0.05) is 49.3 Å². The summed E-state index contributed by atoms with van der Waals surface area (Å²) < 4.78 is 4.85. The molecule has 3 aromatic heterocycles. The van der Waals surface area contributed by atoms with Gasteiger partial charge < -0.3 is 9.13 Å². The summed E-state index contributed by atoms with van der Waals surface area (Å²) in [6.07, 6.45) is 0. The Balaban J connectivity index is 1.13. The first-order chi connectivity index (χ1) is 29.7. The monoisotopic (exact) mass is 764 g/mol. The Bertz CT molecular complexity index is 3580. The molecule has 0 saturated heterocycles. The molecule has 12 rings (SSSR count). The summed E-state index contributed by atoms with van der Waals surface area (Å²) in [6, 6.07) is 78.0. The maximum Gasteiger partial charge on any atom is 0.160 e. The molecule has 0 aliphatic heterocycles. The van der Waals surface area contributed by atoms with Crippen LogP contribution in [-0.4, -0.2) is 19.1 Å². The second-order valence-corrected chi connectivity index (χ2v) is 15.4. The van der Waals surface area contributed by atoms with Crippen LogP contribution in [-0.2, 0) is 0 Å². The average Bonchev–Trinajstić information content (AvgIpc) is 3.83. The SMILES string of the molecule is c1ccc(-c2cccc(-c3cc(-c4ccccc4)nc(-c4cc(-n5c6ccccc6c6cc7c8ccccc8n(-c8ccccc8)c7cc65)c5ccccc5c4)n3)c2)cc1. The van der Waals surface area contributed by atoms with E-state index < -0.39 is 0 Å². The molecular formula is C56H36N4. The van der Waals surface area contributed by atoms with E-state index in [4.69, 9.17) is 9.97 Å². The third kappa shape index (κ3) is 5.53. The van der Waals surface area contributed by atoms with Gasteiger partial charge in [0.1, 0.15) is 0 Å². The quantitative estimate of drug-likeness (QED) is 0.169. The van der Waals surface area contributed by atoms with Gasteiger partial charge in [-0.05, 0) is 77.2 Å². The fourth-order valence-corrected chi connectivity index (χ4v) is 9.12. The van der Waals surface area contributed by atoms with Gasteiger partial charge in [-0.2, -0.15) is 0 Å². The van der Waals surface area contributed by atoms with Crippen LogP contribution in [0.2, 0.25) is 0 Å². The molecule has 0 bridgehead atoms. The van der Waals surface area contributed by atoms with Crippen molar-refractivity contribution in [3.63, 3.8) is 0 Å². The van der Waals surface area contributed by atoms with Crippen LogP contribution in [0.1, 0.15) is 0 Å². The van der Waals surface area contributed by atoms with Crippen molar-refractivity contribution in [3.05, 3.63) is 218 Å². The van der Waals surface area contributed by atoms with Gasteiger partial charge in [0.2, 0.25) is 0 Å². The van der Waals surface area contributed by atoms with Crippen LogP contribution in [0.3, 0.4) is 0 Å². The van der Waals surface area contributed by atoms with E-state index in [1.807, 2.05) is 6.07 Å². The van der Waals surface area contributed by atoms with Gasteiger partial charge in [-0.3, -0.25) is 0 Å². The predicted molar refractivity (Wildman–Crippen MR) is 250 cm³/mol. The summed E-state index contributed by atoms with van der Waals surface area (Å²) in [5.41, 5.74) is 14.0. The lowest BCUT2D eigenvalue weighted by Crippen LogP contribution is -2.00. The zero-order valence-corrected chi connectivity index (χ0v) is 32.6. The van der Waals surface area contributed by atoms with Gasteiger partial charge in [-0.15, -0.1) is 0 Å². The van der Waals surface area contributed by atoms with E-state index in [9.17, 15) is 0 Å². The number of benzene rings is 9. The smallest absolute Gasteiger partial charge is 0.160 e. The number of hydrogen-bond donors (Lipinski definition) is 0. The molecule has 0 atom stereocenters. The molecule has 60 heavy (non-hydrogen) atoms. The van der Waals surface area contributed by atoms with Crippen molar-refractivity contribution < 1.29 is 0 Å². The lowest BCUT2D eigenvalue weighted by Gasteiger charge is -2.15. The lowest BCUT2D eigenvalue weighted by atomic mass is 10.00. The molecule has 0 radical (unpaired) electrons. The van der Waals surface area contributed by atoms with Crippen molar-refractivity contribution in [1.82, 2.24) is 19.1 Å². The van der Waals surface area contributed by atoms with E-state index in [-0.39, 0.29) is 0 Å². The third-order valence-corrected chi connectivity index (χ3v) is 11.9. The van der Waals surface area contributed by atoms with Crippen LogP contribution in [0.4, 0.5) is 0 Å². The van der Waals surface area contributed by atoms with Crippen molar-refractivity contribution in [1.29, 1.82) is 0 Å². The normalized spacial score (nSPS) is 11.7. The van der Waals surface area contributed by atoms with E-state index in [0.29, 0.717) is 5.82 Å². The summed E-state index contributed by atoms with van der Waals surface area (Å²) in [5.74, 6) is 0.677. The Hall–Kier alpha value is -8.08. The van der Waals surface area contributed by atoms with Crippen LogP contribution >= 0.6 is 0 Å². The molecule has 0 amide bonds. The third-order valence-electron chi connectivity index (χ3n) is 11.9. The highest BCUT2D eigenvalue weighted by Gasteiger charge is 2.21. The number of fused-ring (bicyclic) bond motifs is 7. The topological polar surface area (TPSA) is 35.6 Å². The van der Waals surface area contributed by atoms with E-state index in [2.05, 4.69) is 221 Å². The van der Waals surface area contributed by atoms with Gasteiger partial charge in [0.05, 0.1) is 39.1 Å². The van der Waals surface area contributed by atoms with E-state index >= 15 is 0 Å². The first-order valence-corrected chi connectivity index (χ1v) is 20.4. The summed E-state index contributed by atoms with van der Waals surface area (Å²) in [5, 5.41) is 7.18. The molecule has 0 N–H and O–H groups in total. The number of para-hydroxylation sites is 3. The summed E-state index contributed by atoms with van der Waals surface area (Å²) >= 11 is 0. The second-order valence-electron chi connectivity index (χ2n) is 15.4. The molecule has 280 valence electrons. The molecule has 0 fully saturated rings. The molecule has 4 nitrogen and oxygen atoms in total. The summed E-state index contributed by atoms with van der Waals surface area (Å²) in [6.45, 7) is 0. The van der Waals surface area contributed by atoms with Gasteiger partial charge in [0.15, 0.2) is 5.82 Å². The van der Waals surface area contributed by atoms with Crippen LogP contribution in [0.5, 0.6) is 0 Å². The Morgan fingerprint density at radius 2 is 0.817 bits per heavy atom. The number of rotatable bonds is 6. The second kappa shape index (κ2) is 13.8. The summed E-state index contributed by atoms with van der Waals surface area (Å²) in [4.78, 5) is 10.7.